The lowest BCUT2D eigenvalue weighted by molar-refractivity contribution is 0.338. The zero-order valence-electron chi connectivity index (χ0n) is 49.0. The third kappa shape index (κ3) is 10.2. The molecule has 0 radical (unpaired) electrons. The smallest absolute Gasteiger partial charge is 0.119 e. The van der Waals surface area contributed by atoms with Crippen molar-refractivity contribution >= 4 is 69.9 Å². The summed E-state index contributed by atoms with van der Waals surface area (Å²) >= 11 is 0. The van der Waals surface area contributed by atoms with E-state index in [1.165, 1.54) is 99.8 Å². The average molecular weight is 1130 g/mol. The highest BCUT2D eigenvalue weighted by molar-refractivity contribution is 6.77. The molecule has 0 aliphatic heterocycles. The molecule has 1 aliphatic rings. The Morgan fingerprint density at radius 3 is 1.57 bits per heavy atom. The topological polar surface area (TPSA) is 17.4 Å². The number of nitrogens with zero attached hydrogens (tertiary/aromatic N) is 2. The van der Waals surface area contributed by atoms with Crippen molar-refractivity contribution in [3.63, 3.8) is 0 Å². The van der Waals surface area contributed by atoms with Crippen molar-refractivity contribution < 1.29 is 4.74 Å². The van der Waals surface area contributed by atoms with E-state index in [-0.39, 0.29) is 5.41 Å². The number of anilines is 3. The summed E-state index contributed by atoms with van der Waals surface area (Å²) < 4.78 is 8.97. The zero-order chi connectivity index (χ0) is 58.2. The van der Waals surface area contributed by atoms with Crippen LogP contribution in [0.25, 0.3) is 94.9 Å². The molecule has 14 rings (SSSR count). The van der Waals surface area contributed by atoms with E-state index in [1.807, 2.05) is 12.2 Å². The minimum absolute atomic E-state index is 0.338. The first-order chi connectivity index (χ1) is 42.2. The van der Waals surface area contributed by atoms with E-state index in [0.29, 0.717) is 0 Å². The van der Waals surface area contributed by atoms with Crippen LogP contribution >= 0.6 is 0 Å². The van der Waals surface area contributed by atoms with Crippen LogP contribution in [0.4, 0.5) is 17.1 Å². The molecule has 0 fully saturated rings. The van der Waals surface area contributed by atoms with Crippen molar-refractivity contribution in [2.75, 3.05) is 11.5 Å². The van der Waals surface area contributed by atoms with Crippen LogP contribution in [0.3, 0.4) is 0 Å². The van der Waals surface area contributed by atoms with Crippen LogP contribution in [0.15, 0.2) is 292 Å². The van der Waals surface area contributed by atoms with E-state index in [9.17, 15) is 0 Å². The first kappa shape index (κ1) is 54.0. The maximum absolute atomic E-state index is 6.57. The van der Waals surface area contributed by atoms with Crippen LogP contribution in [0, 0.1) is 0 Å². The van der Waals surface area contributed by atoms with Gasteiger partial charge in [0.1, 0.15) is 5.75 Å². The summed E-state index contributed by atoms with van der Waals surface area (Å²) in [5.74, 6) is 0.937. The maximum atomic E-state index is 6.57. The van der Waals surface area contributed by atoms with E-state index in [4.69, 9.17) is 4.74 Å². The Balaban J connectivity index is 0.758. The molecular weight excluding hydrogens is 1060 g/mol. The van der Waals surface area contributed by atoms with Gasteiger partial charge in [-0.3, -0.25) is 0 Å². The van der Waals surface area contributed by atoms with Gasteiger partial charge in [0.15, 0.2) is 0 Å². The quantitative estimate of drug-likeness (QED) is 0.0797. The van der Waals surface area contributed by atoms with Crippen LogP contribution < -0.4 is 9.64 Å². The summed E-state index contributed by atoms with van der Waals surface area (Å²) in [7, 11) is -1.70. The molecule has 4 heteroatoms. The Labute approximate surface area is 507 Å². The molecule has 1 unspecified atom stereocenters. The maximum Gasteiger partial charge on any atom is 0.119 e. The molecular formula is C82H68N2OSi. The van der Waals surface area contributed by atoms with Gasteiger partial charge >= 0.3 is 0 Å². The Kier molecular flexibility index (Phi) is 14.4. The standard InChI is InChI=1S/C82H68N2OSi/c1-5-58-27-31-60(32-28-58)63-35-36-65-54-73(45-39-64(65)53-63)85-50-52-86(3,4)51-18-49-82(68-19-10-7-11-20-68)78-26-17-16-25-74(78)75-46-44-72(57-79(75)82)83(69-21-12-8-13-22-69)71-42-37-62(38-43-71)67-41-48-81-77(56-67)76-55-66(61-33-29-59(6-2)30-34-61)40-47-80(76)84(81)70-23-14-9-15-24-70/h5-17,19-48,53-57H,1-2,18,49-52H2,3-4H3. The van der Waals surface area contributed by atoms with E-state index in [1.54, 1.807) is 0 Å². The summed E-state index contributed by atoms with van der Waals surface area (Å²) in [6.07, 6.45) is 5.89. The number of aromatic nitrogens is 1. The normalized spacial score (nSPS) is 13.6. The van der Waals surface area contributed by atoms with Crippen molar-refractivity contribution in [2.24, 2.45) is 0 Å². The van der Waals surface area contributed by atoms with E-state index in [2.05, 4.69) is 315 Å². The molecule has 12 aromatic carbocycles. The van der Waals surface area contributed by atoms with Crippen molar-refractivity contribution in [3.8, 4) is 55.9 Å². The van der Waals surface area contributed by atoms with Crippen LogP contribution in [-0.4, -0.2) is 19.2 Å². The predicted molar refractivity (Wildman–Crippen MR) is 369 cm³/mol. The minimum Gasteiger partial charge on any atom is -0.494 e. The van der Waals surface area contributed by atoms with Crippen molar-refractivity contribution in [1.29, 1.82) is 0 Å². The zero-order valence-corrected chi connectivity index (χ0v) is 50.0. The second-order valence-corrected chi connectivity index (χ2v) is 29.2. The van der Waals surface area contributed by atoms with Crippen LogP contribution in [0.5, 0.6) is 5.75 Å². The van der Waals surface area contributed by atoms with Gasteiger partial charge in [-0.1, -0.05) is 239 Å². The summed E-state index contributed by atoms with van der Waals surface area (Å²) in [5.41, 5.74) is 22.7. The molecule has 1 aromatic heterocycles. The predicted octanol–water partition coefficient (Wildman–Crippen LogP) is 22.6. The van der Waals surface area contributed by atoms with Gasteiger partial charge in [-0.15, -0.1) is 0 Å². The van der Waals surface area contributed by atoms with E-state index < -0.39 is 8.07 Å². The average Bonchev–Trinajstić information content (AvgIpc) is 1.62. The molecule has 416 valence electrons. The highest BCUT2D eigenvalue weighted by atomic mass is 28.3. The molecule has 13 aromatic rings. The summed E-state index contributed by atoms with van der Waals surface area (Å²) in [6, 6.07) is 105. The van der Waals surface area contributed by atoms with Gasteiger partial charge < -0.3 is 14.2 Å². The fourth-order valence-corrected chi connectivity index (χ4v) is 15.6. The molecule has 3 nitrogen and oxygen atoms in total. The summed E-state index contributed by atoms with van der Waals surface area (Å²) in [6.45, 7) is 13.7. The van der Waals surface area contributed by atoms with Gasteiger partial charge in [0.05, 0.1) is 25.7 Å². The van der Waals surface area contributed by atoms with Gasteiger partial charge in [0, 0.05) is 38.9 Å². The van der Waals surface area contributed by atoms with Crippen molar-refractivity contribution in [1.82, 2.24) is 4.57 Å². The molecule has 0 spiro atoms. The number of ether oxygens (including phenoxy) is 1. The number of fused-ring (bicyclic) bond motifs is 7. The molecule has 0 saturated heterocycles. The van der Waals surface area contributed by atoms with E-state index >= 15 is 0 Å². The summed E-state index contributed by atoms with van der Waals surface area (Å²) in [5, 5.41) is 4.85. The van der Waals surface area contributed by atoms with Crippen LogP contribution in [0.1, 0.15) is 40.7 Å². The third-order valence-corrected chi connectivity index (χ3v) is 21.4. The molecule has 0 amide bonds. The monoisotopic (exact) mass is 1120 g/mol. The Bertz CT molecular complexity index is 4620. The number of para-hydroxylation sites is 2. The Hall–Kier alpha value is -10.0. The number of rotatable bonds is 18. The molecule has 0 N–H and O–H groups in total. The van der Waals surface area contributed by atoms with Crippen LogP contribution in [-0.2, 0) is 5.41 Å². The van der Waals surface area contributed by atoms with Gasteiger partial charge in [0.2, 0.25) is 0 Å². The first-order valence-corrected chi connectivity index (χ1v) is 33.7. The molecule has 86 heavy (non-hydrogen) atoms. The molecule has 1 atom stereocenters. The Morgan fingerprint density at radius 2 is 0.930 bits per heavy atom. The largest absolute Gasteiger partial charge is 0.494 e. The van der Waals surface area contributed by atoms with Gasteiger partial charge in [-0.25, -0.2) is 0 Å². The van der Waals surface area contributed by atoms with Gasteiger partial charge in [-0.2, -0.15) is 0 Å². The highest BCUT2D eigenvalue weighted by Crippen LogP contribution is 2.57. The number of benzene rings is 12. The number of hydrogen-bond acceptors (Lipinski definition) is 2. The fourth-order valence-electron chi connectivity index (χ4n) is 13.5. The Morgan fingerprint density at radius 1 is 0.430 bits per heavy atom. The minimum atomic E-state index is -1.70. The molecule has 0 bridgehead atoms. The lowest BCUT2D eigenvalue weighted by atomic mass is 9.69. The summed E-state index contributed by atoms with van der Waals surface area (Å²) in [4.78, 5) is 2.44. The molecule has 1 aliphatic carbocycles. The van der Waals surface area contributed by atoms with Gasteiger partial charge in [0.25, 0.3) is 0 Å². The lowest BCUT2D eigenvalue weighted by Crippen LogP contribution is -2.31. The van der Waals surface area contributed by atoms with Gasteiger partial charge in [-0.05, 0) is 187 Å². The first-order valence-electron chi connectivity index (χ1n) is 30.3. The van der Waals surface area contributed by atoms with Crippen LogP contribution in [0.2, 0.25) is 25.2 Å². The third-order valence-electron chi connectivity index (χ3n) is 18.1. The second-order valence-electron chi connectivity index (χ2n) is 23.9. The lowest BCUT2D eigenvalue weighted by Gasteiger charge is -2.35. The fraction of sp³-hybridized carbons (Fsp3) is 0.0976. The second kappa shape index (κ2) is 22.9. The highest BCUT2D eigenvalue weighted by Gasteiger charge is 2.45. The number of hydrogen-bond donors (Lipinski definition) is 0. The SMILES string of the molecule is C=Cc1ccc(-c2ccc3cc(OCC[Si](C)(C)CCCC4(c5ccccc5)c5ccccc5-c5ccc(N(c6ccccc6)c6ccc(-c7ccc8c(c7)c7cc(-c9ccc(C=C)cc9)ccc7n8-c7ccccc7)cc6)cc54)ccc3c2)cc1. The van der Waals surface area contributed by atoms with Crippen molar-refractivity contribution in [3.05, 3.63) is 320 Å². The molecule has 1 heterocycles. The van der Waals surface area contributed by atoms with Crippen molar-refractivity contribution in [2.45, 2.75) is 43.4 Å². The molecule has 0 saturated carbocycles. The van der Waals surface area contributed by atoms with E-state index in [0.717, 1.165) is 65.1 Å².